The Bertz CT molecular complexity index is 572. The van der Waals surface area contributed by atoms with Gasteiger partial charge in [0.1, 0.15) is 0 Å². The van der Waals surface area contributed by atoms with Gasteiger partial charge in [0.15, 0.2) is 0 Å². The number of halogens is 2. The highest BCUT2D eigenvalue weighted by atomic mass is 79.9. The van der Waals surface area contributed by atoms with E-state index in [1.165, 1.54) is 0 Å². The summed E-state index contributed by atoms with van der Waals surface area (Å²) in [5.41, 5.74) is 3.27. The molecule has 1 aromatic carbocycles. The third-order valence-electron chi connectivity index (χ3n) is 2.76. The van der Waals surface area contributed by atoms with Crippen molar-refractivity contribution < 1.29 is 0 Å². The molecule has 0 bridgehead atoms. The predicted octanol–water partition coefficient (Wildman–Crippen LogP) is 4.18. The fraction of sp³-hybridized carbons (Fsp3) is 0.214. The number of nitrogens with one attached hydrogen (secondary N) is 1. The molecule has 19 heavy (non-hydrogen) atoms. The predicted molar refractivity (Wildman–Crippen MR) is 85.0 cm³/mol. The summed E-state index contributed by atoms with van der Waals surface area (Å²) in [6, 6.07) is 7.78. The van der Waals surface area contributed by atoms with E-state index < -0.39 is 0 Å². The van der Waals surface area contributed by atoms with Crippen molar-refractivity contribution in [3.8, 4) is 0 Å². The summed E-state index contributed by atoms with van der Waals surface area (Å²) in [4.78, 5) is 6.21. The van der Waals surface area contributed by atoms with Gasteiger partial charge in [-0.1, -0.05) is 33.6 Å². The first-order valence-corrected chi connectivity index (χ1v) is 7.04. The van der Waals surface area contributed by atoms with Gasteiger partial charge in [0.2, 0.25) is 0 Å². The largest absolute Gasteiger partial charge is 0.378 e. The van der Waals surface area contributed by atoms with E-state index in [0.717, 1.165) is 26.4 Å². The van der Waals surface area contributed by atoms with Crippen molar-refractivity contribution in [2.45, 2.75) is 6.54 Å². The quantitative estimate of drug-likeness (QED) is 0.905. The Kier molecular flexibility index (Phi) is 4.66. The van der Waals surface area contributed by atoms with Gasteiger partial charge in [0.25, 0.3) is 0 Å². The van der Waals surface area contributed by atoms with E-state index in [2.05, 4.69) is 31.1 Å². The molecule has 0 radical (unpaired) electrons. The Morgan fingerprint density at radius 3 is 2.79 bits per heavy atom. The summed E-state index contributed by atoms with van der Waals surface area (Å²) in [6.07, 6.45) is 3.62. The first kappa shape index (κ1) is 14.2. The number of benzene rings is 1. The molecule has 0 aliphatic rings. The van der Waals surface area contributed by atoms with Crippen LogP contribution in [0.4, 0.5) is 11.4 Å². The molecule has 0 spiro atoms. The fourth-order valence-corrected chi connectivity index (χ4v) is 2.59. The lowest BCUT2D eigenvalue weighted by atomic mass is 10.2. The standard InChI is InChI=1S/C14H15BrClN3/c1-19(2)14-5-6-17-9-13(14)18-8-10-3-4-11(16)7-12(10)15/h3-7,9,18H,8H2,1-2H3. The van der Waals surface area contributed by atoms with Gasteiger partial charge in [-0.05, 0) is 23.8 Å². The van der Waals surface area contributed by atoms with Crippen molar-refractivity contribution in [1.29, 1.82) is 0 Å². The molecule has 0 atom stereocenters. The zero-order valence-corrected chi connectivity index (χ0v) is 13.2. The molecule has 0 saturated heterocycles. The number of aromatic nitrogens is 1. The highest BCUT2D eigenvalue weighted by Gasteiger charge is 2.05. The molecule has 0 unspecified atom stereocenters. The average Bonchev–Trinajstić information content (AvgIpc) is 2.38. The van der Waals surface area contributed by atoms with Crippen LogP contribution in [0.15, 0.2) is 41.1 Å². The minimum absolute atomic E-state index is 0.713. The van der Waals surface area contributed by atoms with Crippen LogP contribution in [0.3, 0.4) is 0 Å². The van der Waals surface area contributed by atoms with Crippen LogP contribution in [0.1, 0.15) is 5.56 Å². The van der Waals surface area contributed by atoms with Gasteiger partial charge in [0, 0.05) is 36.3 Å². The van der Waals surface area contributed by atoms with Crippen LogP contribution in [0.25, 0.3) is 0 Å². The van der Waals surface area contributed by atoms with Gasteiger partial charge in [-0.3, -0.25) is 4.98 Å². The van der Waals surface area contributed by atoms with Crippen LogP contribution < -0.4 is 10.2 Å². The normalized spacial score (nSPS) is 10.3. The first-order chi connectivity index (χ1) is 9.08. The van der Waals surface area contributed by atoms with Crippen LogP contribution in [-0.4, -0.2) is 19.1 Å². The number of hydrogen-bond donors (Lipinski definition) is 1. The highest BCUT2D eigenvalue weighted by molar-refractivity contribution is 9.10. The van der Waals surface area contributed by atoms with E-state index in [9.17, 15) is 0 Å². The summed E-state index contributed by atoms with van der Waals surface area (Å²) < 4.78 is 1.00. The third kappa shape index (κ3) is 3.61. The van der Waals surface area contributed by atoms with Crippen molar-refractivity contribution in [3.63, 3.8) is 0 Å². The lowest BCUT2D eigenvalue weighted by molar-refractivity contribution is 1.08. The minimum atomic E-state index is 0.713. The summed E-state index contributed by atoms with van der Waals surface area (Å²) in [6.45, 7) is 0.713. The zero-order chi connectivity index (χ0) is 13.8. The van der Waals surface area contributed by atoms with Crippen molar-refractivity contribution in [1.82, 2.24) is 4.98 Å². The number of rotatable bonds is 4. The maximum Gasteiger partial charge on any atom is 0.0766 e. The van der Waals surface area contributed by atoms with Crippen LogP contribution in [0, 0.1) is 0 Å². The lowest BCUT2D eigenvalue weighted by Gasteiger charge is -2.18. The SMILES string of the molecule is CN(C)c1ccncc1NCc1ccc(Cl)cc1Br. The maximum absolute atomic E-state index is 5.93. The second kappa shape index (κ2) is 6.26. The van der Waals surface area contributed by atoms with Crippen molar-refractivity contribution >= 4 is 38.9 Å². The first-order valence-electron chi connectivity index (χ1n) is 5.87. The lowest BCUT2D eigenvalue weighted by Crippen LogP contribution is -2.12. The molecule has 1 N–H and O–H groups in total. The minimum Gasteiger partial charge on any atom is -0.378 e. The second-order valence-electron chi connectivity index (χ2n) is 4.38. The van der Waals surface area contributed by atoms with Gasteiger partial charge < -0.3 is 10.2 Å². The van der Waals surface area contributed by atoms with Gasteiger partial charge in [-0.25, -0.2) is 0 Å². The van der Waals surface area contributed by atoms with E-state index >= 15 is 0 Å². The van der Waals surface area contributed by atoms with Crippen LogP contribution in [-0.2, 0) is 6.54 Å². The summed E-state index contributed by atoms with van der Waals surface area (Å²) in [5, 5.41) is 4.12. The Labute approximate surface area is 126 Å². The van der Waals surface area contributed by atoms with E-state index in [1.807, 2.05) is 44.6 Å². The molecule has 0 aliphatic carbocycles. The number of anilines is 2. The van der Waals surface area contributed by atoms with Crippen molar-refractivity contribution in [3.05, 3.63) is 51.7 Å². The van der Waals surface area contributed by atoms with Crippen LogP contribution in [0.2, 0.25) is 5.02 Å². The number of nitrogens with zero attached hydrogens (tertiary/aromatic N) is 2. The second-order valence-corrected chi connectivity index (χ2v) is 5.67. The number of pyridine rings is 1. The monoisotopic (exact) mass is 339 g/mol. The Balaban J connectivity index is 2.14. The molecule has 1 aromatic heterocycles. The van der Waals surface area contributed by atoms with E-state index in [0.29, 0.717) is 6.54 Å². The molecule has 0 aliphatic heterocycles. The molecule has 0 fully saturated rings. The molecule has 100 valence electrons. The Morgan fingerprint density at radius 1 is 1.32 bits per heavy atom. The van der Waals surface area contributed by atoms with Gasteiger partial charge >= 0.3 is 0 Å². The zero-order valence-electron chi connectivity index (χ0n) is 10.8. The van der Waals surface area contributed by atoms with E-state index in [-0.39, 0.29) is 0 Å². The summed E-state index contributed by atoms with van der Waals surface area (Å²) in [5.74, 6) is 0. The maximum atomic E-state index is 5.93. The number of hydrogen-bond acceptors (Lipinski definition) is 3. The van der Waals surface area contributed by atoms with Crippen molar-refractivity contribution in [2.75, 3.05) is 24.3 Å². The highest BCUT2D eigenvalue weighted by Crippen LogP contribution is 2.25. The third-order valence-corrected chi connectivity index (χ3v) is 3.74. The molecular formula is C14H15BrClN3. The van der Waals surface area contributed by atoms with Gasteiger partial charge in [-0.2, -0.15) is 0 Å². The molecule has 5 heteroatoms. The smallest absolute Gasteiger partial charge is 0.0766 e. The molecule has 0 amide bonds. The van der Waals surface area contributed by atoms with Gasteiger partial charge in [0.05, 0.1) is 17.6 Å². The summed E-state index contributed by atoms with van der Waals surface area (Å²) in [7, 11) is 4.03. The molecule has 2 aromatic rings. The van der Waals surface area contributed by atoms with Gasteiger partial charge in [-0.15, -0.1) is 0 Å². The van der Waals surface area contributed by atoms with Crippen LogP contribution in [0.5, 0.6) is 0 Å². The molecular weight excluding hydrogens is 326 g/mol. The van der Waals surface area contributed by atoms with Crippen molar-refractivity contribution in [2.24, 2.45) is 0 Å². The van der Waals surface area contributed by atoms with Crippen LogP contribution >= 0.6 is 27.5 Å². The Morgan fingerprint density at radius 2 is 2.11 bits per heavy atom. The topological polar surface area (TPSA) is 28.2 Å². The Hall–Kier alpha value is -1.26. The summed E-state index contributed by atoms with van der Waals surface area (Å²) >= 11 is 9.45. The fourth-order valence-electron chi connectivity index (χ4n) is 1.77. The molecule has 0 saturated carbocycles. The average molecular weight is 341 g/mol. The van der Waals surface area contributed by atoms with E-state index in [1.54, 1.807) is 6.20 Å². The molecule has 3 nitrogen and oxygen atoms in total. The molecule has 1 heterocycles. The molecule has 2 rings (SSSR count). The van der Waals surface area contributed by atoms with E-state index in [4.69, 9.17) is 11.6 Å².